The first kappa shape index (κ1) is 16.2. The summed E-state index contributed by atoms with van der Waals surface area (Å²) >= 11 is 0. The topological polar surface area (TPSA) is 99.8 Å². The van der Waals surface area contributed by atoms with Crippen LogP contribution >= 0.6 is 0 Å². The van der Waals surface area contributed by atoms with E-state index in [0.717, 1.165) is 28.5 Å². The Balaban J connectivity index is 1.77. The van der Waals surface area contributed by atoms with Gasteiger partial charge in [0.2, 0.25) is 5.88 Å². The van der Waals surface area contributed by atoms with Crippen LogP contribution < -0.4 is 11.4 Å². The smallest absolute Gasteiger partial charge is 0.333 e. The molecule has 0 atom stereocenters. The highest BCUT2D eigenvalue weighted by Gasteiger charge is 2.16. The normalized spacial score (nSPS) is 11.3. The van der Waals surface area contributed by atoms with E-state index in [1.807, 2.05) is 54.7 Å². The van der Waals surface area contributed by atoms with Crippen LogP contribution in [0.15, 0.2) is 59.5 Å². The molecule has 0 fully saturated rings. The molecule has 0 radical (unpaired) electrons. The number of nitrogens with zero attached hydrogens (tertiary/aromatic N) is 1. The van der Waals surface area contributed by atoms with Gasteiger partial charge in [-0.15, -0.1) is 0 Å². The van der Waals surface area contributed by atoms with E-state index < -0.39 is 0 Å². The highest BCUT2D eigenvalue weighted by Crippen LogP contribution is 2.25. The molecule has 0 aliphatic rings. The van der Waals surface area contributed by atoms with Crippen molar-refractivity contribution < 1.29 is 5.11 Å². The van der Waals surface area contributed by atoms with E-state index >= 15 is 0 Å². The SMILES string of the molecule is NCCc1c[nH]c2ccc(-n3c(O)c(Cc4ccccc4)[nH]c3=O)cc12. The Hall–Kier alpha value is -3.25. The molecule has 0 saturated heterocycles. The minimum absolute atomic E-state index is 0.0610. The monoisotopic (exact) mass is 348 g/mol. The van der Waals surface area contributed by atoms with Crippen molar-refractivity contribution in [1.82, 2.24) is 14.5 Å². The third kappa shape index (κ3) is 2.80. The van der Waals surface area contributed by atoms with E-state index in [1.54, 1.807) is 0 Å². The minimum atomic E-state index is -0.358. The van der Waals surface area contributed by atoms with Crippen LogP contribution in [0.5, 0.6) is 5.88 Å². The molecule has 4 aromatic rings. The van der Waals surface area contributed by atoms with Crippen molar-refractivity contribution >= 4 is 10.9 Å². The molecule has 4 rings (SSSR count). The number of aromatic hydroxyl groups is 1. The summed E-state index contributed by atoms with van der Waals surface area (Å²) in [5.41, 5.74) is 9.52. The minimum Gasteiger partial charge on any atom is -0.493 e. The highest BCUT2D eigenvalue weighted by molar-refractivity contribution is 5.85. The van der Waals surface area contributed by atoms with Gasteiger partial charge in [-0.3, -0.25) is 0 Å². The van der Waals surface area contributed by atoms with Crippen LogP contribution in [0.1, 0.15) is 16.8 Å². The molecule has 0 bridgehead atoms. The van der Waals surface area contributed by atoms with Gasteiger partial charge >= 0.3 is 5.69 Å². The highest BCUT2D eigenvalue weighted by atomic mass is 16.3. The number of benzene rings is 2. The number of nitrogens with two attached hydrogens (primary N) is 1. The maximum absolute atomic E-state index is 12.5. The molecule has 26 heavy (non-hydrogen) atoms. The lowest BCUT2D eigenvalue weighted by molar-refractivity contribution is 0.435. The second-order valence-corrected chi connectivity index (χ2v) is 6.31. The van der Waals surface area contributed by atoms with Crippen LogP contribution in [0, 0.1) is 0 Å². The van der Waals surface area contributed by atoms with Gasteiger partial charge in [-0.25, -0.2) is 9.36 Å². The zero-order valence-corrected chi connectivity index (χ0v) is 14.2. The third-order valence-corrected chi connectivity index (χ3v) is 4.59. The van der Waals surface area contributed by atoms with E-state index in [2.05, 4.69) is 9.97 Å². The largest absolute Gasteiger partial charge is 0.493 e. The number of hydrogen-bond donors (Lipinski definition) is 4. The Morgan fingerprint density at radius 3 is 2.69 bits per heavy atom. The summed E-state index contributed by atoms with van der Waals surface area (Å²) in [6.07, 6.45) is 3.14. The average Bonchev–Trinajstić information content (AvgIpc) is 3.17. The number of fused-ring (bicyclic) bond motifs is 1. The van der Waals surface area contributed by atoms with Crippen molar-refractivity contribution in [2.75, 3.05) is 6.54 Å². The van der Waals surface area contributed by atoms with Crippen LogP contribution in [0.3, 0.4) is 0 Å². The molecule has 2 heterocycles. The van der Waals surface area contributed by atoms with Crippen molar-refractivity contribution in [2.45, 2.75) is 12.8 Å². The number of imidazole rings is 1. The zero-order chi connectivity index (χ0) is 18.1. The standard InChI is InChI=1S/C20H20N4O2/c21-9-8-14-12-22-17-7-6-15(11-16(14)17)24-19(25)18(23-20(24)26)10-13-4-2-1-3-5-13/h1-7,11-12,22,25H,8-10,21H2,(H,23,26). The summed E-state index contributed by atoms with van der Waals surface area (Å²) in [6, 6.07) is 15.3. The fraction of sp³-hybridized carbons (Fsp3) is 0.150. The fourth-order valence-corrected chi connectivity index (χ4v) is 3.30. The number of hydrogen-bond acceptors (Lipinski definition) is 3. The Morgan fingerprint density at radius 2 is 1.92 bits per heavy atom. The van der Waals surface area contributed by atoms with Gasteiger partial charge in [0.1, 0.15) is 0 Å². The molecule has 0 unspecified atom stereocenters. The Labute approximate surface area is 149 Å². The molecule has 0 saturated carbocycles. The van der Waals surface area contributed by atoms with Crippen LogP contribution in [-0.2, 0) is 12.8 Å². The van der Waals surface area contributed by atoms with Crippen molar-refractivity contribution in [3.05, 3.63) is 82.0 Å². The summed E-state index contributed by atoms with van der Waals surface area (Å²) in [7, 11) is 0. The van der Waals surface area contributed by atoms with Gasteiger partial charge in [0, 0.05) is 23.5 Å². The van der Waals surface area contributed by atoms with Crippen LogP contribution in [-0.4, -0.2) is 26.2 Å². The lowest BCUT2D eigenvalue weighted by atomic mass is 10.1. The van der Waals surface area contributed by atoms with E-state index in [4.69, 9.17) is 5.73 Å². The van der Waals surface area contributed by atoms with Crippen LogP contribution in [0.25, 0.3) is 16.6 Å². The molecule has 0 spiro atoms. The molecule has 0 aliphatic heterocycles. The summed E-state index contributed by atoms with van der Waals surface area (Å²) in [4.78, 5) is 18.4. The van der Waals surface area contributed by atoms with Gasteiger partial charge in [-0.1, -0.05) is 30.3 Å². The summed E-state index contributed by atoms with van der Waals surface area (Å²) in [6.45, 7) is 0.549. The number of aromatic amines is 2. The maximum atomic E-state index is 12.5. The summed E-state index contributed by atoms with van der Waals surface area (Å²) in [5, 5.41) is 11.6. The van der Waals surface area contributed by atoms with E-state index in [9.17, 15) is 9.90 Å². The molecule has 0 amide bonds. The number of H-pyrrole nitrogens is 2. The number of rotatable bonds is 5. The van der Waals surface area contributed by atoms with Crippen molar-refractivity contribution in [3.8, 4) is 11.6 Å². The quantitative estimate of drug-likeness (QED) is 0.446. The Bertz CT molecular complexity index is 1110. The van der Waals surface area contributed by atoms with Gasteiger partial charge in [0.25, 0.3) is 0 Å². The van der Waals surface area contributed by atoms with Crippen molar-refractivity contribution in [3.63, 3.8) is 0 Å². The predicted molar refractivity (Wildman–Crippen MR) is 102 cm³/mol. The number of aromatic nitrogens is 3. The summed E-state index contributed by atoms with van der Waals surface area (Å²) in [5.74, 6) is -0.0610. The molecule has 6 heteroatoms. The molecule has 2 aromatic carbocycles. The second kappa shape index (κ2) is 6.57. The van der Waals surface area contributed by atoms with E-state index in [1.165, 1.54) is 4.57 Å². The average molecular weight is 348 g/mol. The Morgan fingerprint density at radius 1 is 1.12 bits per heavy atom. The van der Waals surface area contributed by atoms with E-state index in [0.29, 0.717) is 24.3 Å². The van der Waals surface area contributed by atoms with E-state index in [-0.39, 0.29) is 11.6 Å². The van der Waals surface area contributed by atoms with Crippen LogP contribution in [0.2, 0.25) is 0 Å². The van der Waals surface area contributed by atoms with Gasteiger partial charge in [-0.05, 0) is 42.3 Å². The first-order valence-electron chi connectivity index (χ1n) is 8.54. The zero-order valence-electron chi connectivity index (χ0n) is 14.2. The van der Waals surface area contributed by atoms with Gasteiger partial charge in [0.05, 0.1) is 11.4 Å². The molecule has 2 aromatic heterocycles. The molecule has 6 nitrogen and oxygen atoms in total. The lowest BCUT2D eigenvalue weighted by Gasteiger charge is -2.05. The van der Waals surface area contributed by atoms with Gasteiger partial charge in [-0.2, -0.15) is 0 Å². The molecule has 132 valence electrons. The van der Waals surface area contributed by atoms with Crippen LogP contribution in [0.4, 0.5) is 0 Å². The molecule has 0 aliphatic carbocycles. The van der Waals surface area contributed by atoms with Gasteiger partial charge in [0.15, 0.2) is 0 Å². The lowest BCUT2D eigenvalue weighted by Crippen LogP contribution is -2.14. The van der Waals surface area contributed by atoms with Crippen molar-refractivity contribution in [1.29, 1.82) is 0 Å². The third-order valence-electron chi connectivity index (χ3n) is 4.59. The van der Waals surface area contributed by atoms with Gasteiger partial charge < -0.3 is 20.8 Å². The predicted octanol–water partition coefficient (Wildman–Crippen LogP) is 2.44. The molecule has 5 N–H and O–H groups in total. The molecular weight excluding hydrogens is 328 g/mol. The maximum Gasteiger partial charge on any atom is 0.333 e. The fourth-order valence-electron chi connectivity index (χ4n) is 3.30. The molecular formula is C20H20N4O2. The first-order chi connectivity index (χ1) is 12.7. The first-order valence-corrected chi connectivity index (χ1v) is 8.54. The summed E-state index contributed by atoms with van der Waals surface area (Å²) < 4.78 is 1.30. The Kier molecular flexibility index (Phi) is 4.10. The van der Waals surface area contributed by atoms with Crippen molar-refractivity contribution in [2.24, 2.45) is 5.73 Å². The second-order valence-electron chi connectivity index (χ2n) is 6.31. The number of nitrogens with one attached hydrogen (secondary N) is 2.